The van der Waals surface area contributed by atoms with Crippen molar-refractivity contribution in [2.45, 2.75) is 52.1 Å². The summed E-state index contributed by atoms with van der Waals surface area (Å²) in [5.74, 6) is 1.70. The zero-order valence-corrected chi connectivity index (χ0v) is 15.5. The molecule has 2 heterocycles. The van der Waals surface area contributed by atoms with Crippen LogP contribution in [0, 0.1) is 13.8 Å². The molecule has 0 unspecified atom stereocenters. The third-order valence-electron chi connectivity index (χ3n) is 5.78. The van der Waals surface area contributed by atoms with Crippen molar-refractivity contribution in [3.8, 4) is 11.5 Å². The molecule has 0 amide bonds. The second-order valence-electron chi connectivity index (χ2n) is 7.64. The van der Waals surface area contributed by atoms with E-state index in [2.05, 4.69) is 41.0 Å². The van der Waals surface area contributed by atoms with Gasteiger partial charge in [0.1, 0.15) is 5.76 Å². The maximum absolute atomic E-state index is 5.95. The molecule has 1 aliphatic heterocycles. The Kier molecular flexibility index (Phi) is 4.91. The van der Waals surface area contributed by atoms with Gasteiger partial charge in [0.05, 0.1) is 5.69 Å². The van der Waals surface area contributed by atoms with Gasteiger partial charge in [-0.2, -0.15) is 0 Å². The molecule has 2 fully saturated rings. The Labute approximate surface area is 150 Å². The lowest BCUT2D eigenvalue weighted by atomic mass is 10.1. The molecule has 25 heavy (non-hydrogen) atoms. The van der Waals surface area contributed by atoms with Crippen LogP contribution in [0.3, 0.4) is 0 Å². The van der Waals surface area contributed by atoms with Crippen LogP contribution in [0.5, 0.6) is 0 Å². The highest BCUT2D eigenvalue weighted by molar-refractivity contribution is 5.54. The van der Waals surface area contributed by atoms with Gasteiger partial charge in [0.25, 0.3) is 0 Å². The lowest BCUT2D eigenvalue weighted by Crippen LogP contribution is -2.49. The van der Waals surface area contributed by atoms with Gasteiger partial charge < -0.3 is 4.42 Å². The summed E-state index contributed by atoms with van der Waals surface area (Å²) in [5.41, 5.74) is 3.39. The molecule has 1 aliphatic carbocycles. The summed E-state index contributed by atoms with van der Waals surface area (Å²) >= 11 is 0. The minimum Gasteiger partial charge on any atom is -0.441 e. The van der Waals surface area contributed by atoms with Crippen molar-refractivity contribution < 1.29 is 4.42 Å². The molecule has 0 N–H and O–H groups in total. The van der Waals surface area contributed by atoms with E-state index >= 15 is 0 Å². The first kappa shape index (κ1) is 16.8. The molecule has 4 heteroatoms. The van der Waals surface area contributed by atoms with E-state index in [1.165, 1.54) is 44.3 Å². The van der Waals surface area contributed by atoms with Crippen LogP contribution in [0.15, 0.2) is 28.7 Å². The number of oxazole rings is 1. The van der Waals surface area contributed by atoms with Crippen molar-refractivity contribution in [3.05, 3.63) is 41.3 Å². The topological polar surface area (TPSA) is 32.5 Å². The maximum atomic E-state index is 5.95. The number of nitrogens with zero attached hydrogens (tertiary/aromatic N) is 3. The van der Waals surface area contributed by atoms with Crippen molar-refractivity contribution in [3.63, 3.8) is 0 Å². The van der Waals surface area contributed by atoms with E-state index in [1.807, 2.05) is 6.92 Å². The summed E-state index contributed by atoms with van der Waals surface area (Å²) in [6.07, 6.45) is 5.65. The average molecular weight is 339 g/mol. The summed E-state index contributed by atoms with van der Waals surface area (Å²) in [6, 6.07) is 9.22. The molecular weight excluding hydrogens is 310 g/mol. The monoisotopic (exact) mass is 339 g/mol. The minimum atomic E-state index is 0.751. The van der Waals surface area contributed by atoms with Crippen molar-refractivity contribution in [1.82, 2.24) is 14.8 Å². The second-order valence-corrected chi connectivity index (χ2v) is 7.64. The molecule has 0 atom stereocenters. The number of hydrogen-bond donors (Lipinski definition) is 0. The Balaban J connectivity index is 1.38. The Bertz CT molecular complexity index is 710. The fourth-order valence-electron chi connectivity index (χ4n) is 4.24. The van der Waals surface area contributed by atoms with Gasteiger partial charge in [-0.1, -0.05) is 30.5 Å². The highest BCUT2D eigenvalue weighted by atomic mass is 16.4. The Morgan fingerprint density at radius 2 is 1.84 bits per heavy atom. The lowest BCUT2D eigenvalue weighted by Gasteiger charge is -2.37. The minimum absolute atomic E-state index is 0.751. The third-order valence-corrected chi connectivity index (χ3v) is 5.78. The molecule has 2 aliphatic rings. The third kappa shape index (κ3) is 3.80. The van der Waals surface area contributed by atoms with Crippen molar-refractivity contribution in [2.75, 3.05) is 26.2 Å². The molecule has 134 valence electrons. The maximum Gasteiger partial charge on any atom is 0.226 e. The summed E-state index contributed by atoms with van der Waals surface area (Å²) in [5, 5.41) is 0. The standard InChI is InChI=1S/C21H29N3O/c1-16-6-5-7-18(14-16)21-22-20(17(2)25-21)15-23-10-12-24(13-11-23)19-8-3-4-9-19/h5-7,14,19H,3-4,8-13,15H2,1-2H3. The van der Waals surface area contributed by atoms with Gasteiger partial charge in [0, 0.05) is 44.3 Å². The van der Waals surface area contributed by atoms with E-state index in [4.69, 9.17) is 9.40 Å². The summed E-state index contributed by atoms with van der Waals surface area (Å²) in [4.78, 5) is 10.0. The van der Waals surface area contributed by atoms with Crippen LogP contribution < -0.4 is 0 Å². The highest BCUT2D eigenvalue weighted by Crippen LogP contribution is 2.26. The largest absolute Gasteiger partial charge is 0.441 e. The fraction of sp³-hybridized carbons (Fsp3) is 0.571. The first-order valence-electron chi connectivity index (χ1n) is 9.69. The van der Waals surface area contributed by atoms with E-state index < -0.39 is 0 Å². The first-order chi connectivity index (χ1) is 12.2. The SMILES string of the molecule is Cc1cccc(-c2nc(CN3CCN(C4CCCC4)CC3)c(C)o2)c1. The van der Waals surface area contributed by atoms with Crippen LogP contribution in [0.25, 0.3) is 11.5 Å². The van der Waals surface area contributed by atoms with Gasteiger partial charge in [-0.3, -0.25) is 9.80 Å². The zero-order chi connectivity index (χ0) is 17.2. The van der Waals surface area contributed by atoms with Crippen LogP contribution in [0.4, 0.5) is 0 Å². The normalized spacial score (nSPS) is 20.4. The molecule has 2 aromatic rings. The Morgan fingerprint density at radius 1 is 1.08 bits per heavy atom. The summed E-state index contributed by atoms with van der Waals surface area (Å²) in [6.45, 7) is 9.73. The van der Waals surface area contributed by atoms with Gasteiger partial charge in [-0.05, 0) is 38.8 Å². The number of aromatic nitrogens is 1. The quantitative estimate of drug-likeness (QED) is 0.842. The van der Waals surface area contributed by atoms with E-state index in [9.17, 15) is 0 Å². The van der Waals surface area contributed by atoms with Crippen LogP contribution in [0.1, 0.15) is 42.7 Å². The molecule has 4 nitrogen and oxygen atoms in total. The predicted molar refractivity (Wildman–Crippen MR) is 101 cm³/mol. The molecule has 0 radical (unpaired) electrons. The smallest absolute Gasteiger partial charge is 0.226 e. The number of aryl methyl sites for hydroxylation is 2. The predicted octanol–water partition coefficient (Wildman–Crippen LogP) is 4.02. The molecule has 1 aromatic carbocycles. The van der Waals surface area contributed by atoms with Gasteiger partial charge >= 0.3 is 0 Å². The summed E-state index contributed by atoms with van der Waals surface area (Å²) < 4.78 is 5.95. The van der Waals surface area contributed by atoms with E-state index in [0.717, 1.165) is 48.6 Å². The van der Waals surface area contributed by atoms with E-state index in [-0.39, 0.29) is 0 Å². The summed E-state index contributed by atoms with van der Waals surface area (Å²) in [7, 11) is 0. The number of rotatable bonds is 4. The molecular formula is C21H29N3O. The van der Waals surface area contributed by atoms with E-state index in [0.29, 0.717) is 0 Å². The number of piperazine rings is 1. The highest BCUT2D eigenvalue weighted by Gasteiger charge is 2.26. The van der Waals surface area contributed by atoms with Gasteiger partial charge in [0.2, 0.25) is 5.89 Å². The van der Waals surface area contributed by atoms with Crippen molar-refractivity contribution in [2.24, 2.45) is 0 Å². The van der Waals surface area contributed by atoms with Crippen molar-refractivity contribution in [1.29, 1.82) is 0 Å². The number of benzene rings is 1. The molecule has 1 saturated heterocycles. The lowest BCUT2D eigenvalue weighted by molar-refractivity contribution is 0.0928. The van der Waals surface area contributed by atoms with E-state index in [1.54, 1.807) is 0 Å². The van der Waals surface area contributed by atoms with Crippen LogP contribution in [-0.2, 0) is 6.54 Å². The fourth-order valence-corrected chi connectivity index (χ4v) is 4.24. The molecule has 1 saturated carbocycles. The molecule has 1 aromatic heterocycles. The molecule has 0 spiro atoms. The Hall–Kier alpha value is -1.65. The Morgan fingerprint density at radius 3 is 2.56 bits per heavy atom. The average Bonchev–Trinajstić information content (AvgIpc) is 3.26. The number of hydrogen-bond acceptors (Lipinski definition) is 4. The van der Waals surface area contributed by atoms with Gasteiger partial charge in [-0.15, -0.1) is 0 Å². The van der Waals surface area contributed by atoms with Crippen LogP contribution >= 0.6 is 0 Å². The van der Waals surface area contributed by atoms with Crippen LogP contribution in [-0.4, -0.2) is 47.0 Å². The molecule has 4 rings (SSSR count). The molecule has 0 bridgehead atoms. The van der Waals surface area contributed by atoms with Crippen molar-refractivity contribution >= 4 is 0 Å². The zero-order valence-electron chi connectivity index (χ0n) is 15.5. The second kappa shape index (κ2) is 7.30. The first-order valence-corrected chi connectivity index (χ1v) is 9.69. The van der Waals surface area contributed by atoms with Gasteiger partial charge in [0.15, 0.2) is 0 Å². The van der Waals surface area contributed by atoms with Gasteiger partial charge in [-0.25, -0.2) is 4.98 Å². The van der Waals surface area contributed by atoms with Crippen LogP contribution in [0.2, 0.25) is 0 Å².